The molecule has 0 bridgehead atoms. The van der Waals surface area contributed by atoms with Crippen molar-refractivity contribution < 1.29 is 22.7 Å². The molecule has 0 N–H and O–H groups in total. The van der Waals surface area contributed by atoms with E-state index in [1.54, 1.807) is 0 Å². The second kappa shape index (κ2) is 4.32. The van der Waals surface area contributed by atoms with Crippen LogP contribution in [-0.4, -0.2) is 12.9 Å². The Morgan fingerprint density at radius 1 is 1.43 bits per heavy atom. The molecule has 76 valence electrons. The third kappa shape index (κ3) is 2.17. The van der Waals surface area contributed by atoms with Crippen molar-refractivity contribution in [3.8, 4) is 5.75 Å². The maximum Gasteiger partial charge on any atom is 0.387 e. The number of rotatable bonds is 3. The van der Waals surface area contributed by atoms with Crippen LogP contribution in [0.4, 0.5) is 13.2 Å². The molecule has 14 heavy (non-hydrogen) atoms. The third-order valence-electron chi connectivity index (χ3n) is 1.41. The highest BCUT2D eigenvalue weighted by molar-refractivity contribution is 6.32. The SMILES string of the molecule is O=Cc1ccc(F)c(Cl)c1OC(F)F. The van der Waals surface area contributed by atoms with Crippen LogP contribution in [-0.2, 0) is 0 Å². The quantitative estimate of drug-likeness (QED) is 0.738. The average Bonchev–Trinajstić information content (AvgIpc) is 2.13. The van der Waals surface area contributed by atoms with Crippen molar-refractivity contribution in [1.29, 1.82) is 0 Å². The molecule has 0 radical (unpaired) electrons. The van der Waals surface area contributed by atoms with E-state index in [1.165, 1.54) is 0 Å². The van der Waals surface area contributed by atoms with Crippen molar-refractivity contribution in [3.63, 3.8) is 0 Å². The number of aldehydes is 1. The Labute approximate surface area is 82.2 Å². The number of halogens is 4. The van der Waals surface area contributed by atoms with E-state index in [1.807, 2.05) is 0 Å². The van der Waals surface area contributed by atoms with Crippen LogP contribution in [0.5, 0.6) is 5.75 Å². The van der Waals surface area contributed by atoms with Crippen LogP contribution >= 0.6 is 11.6 Å². The van der Waals surface area contributed by atoms with Gasteiger partial charge in [0.15, 0.2) is 12.0 Å². The fourth-order valence-electron chi connectivity index (χ4n) is 0.849. The van der Waals surface area contributed by atoms with Crippen LogP contribution < -0.4 is 4.74 Å². The van der Waals surface area contributed by atoms with Gasteiger partial charge in [-0.2, -0.15) is 8.78 Å². The van der Waals surface area contributed by atoms with Gasteiger partial charge in [-0.1, -0.05) is 11.6 Å². The molecule has 0 saturated carbocycles. The predicted octanol–water partition coefficient (Wildman–Crippen LogP) is 2.89. The van der Waals surface area contributed by atoms with Crippen molar-refractivity contribution in [2.75, 3.05) is 0 Å². The zero-order valence-electron chi connectivity index (χ0n) is 6.64. The van der Waals surface area contributed by atoms with Crippen LogP contribution in [0.1, 0.15) is 10.4 Å². The lowest BCUT2D eigenvalue weighted by atomic mass is 10.2. The van der Waals surface area contributed by atoms with E-state index in [4.69, 9.17) is 11.6 Å². The predicted molar refractivity (Wildman–Crippen MR) is 43.4 cm³/mol. The molecule has 0 heterocycles. The van der Waals surface area contributed by atoms with Crippen LogP contribution in [0.15, 0.2) is 12.1 Å². The van der Waals surface area contributed by atoms with Crippen molar-refractivity contribution in [2.24, 2.45) is 0 Å². The summed E-state index contributed by atoms with van der Waals surface area (Å²) in [5.74, 6) is -1.57. The smallest absolute Gasteiger partial charge is 0.387 e. The normalized spacial score (nSPS) is 10.4. The van der Waals surface area contributed by atoms with Gasteiger partial charge in [0.2, 0.25) is 0 Å². The van der Waals surface area contributed by atoms with Gasteiger partial charge in [-0.15, -0.1) is 0 Å². The molecule has 0 aliphatic carbocycles. The van der Waals surface area contributed by atoms with Gasteiger partial charge in [0, 0.05) is 0 Å². The number of carbonyl (C=O) groups excluding carboxylic acids is 1. The van der Waals surface area contributed by atoms with Crippen molar-refractivity contribution >= 4 is 17.9 Å². The monoisotopic (exact) mass is 224 g/mol. The minimum Gasteiger partial charge on any atom is -0.432 e. The molecular weight excluding hydrogens is 221 g/mol. The summed E-state index contributed by atoms with van der Waals surface area (Å²) in [6.45, 7) is -3.16. The molecule has 0 saturated heterocycles. The molecule has 0 amide bonds. The van der Waals surface area contributed by atoms with Gasteiger partial charge in [0.05, 0.1) is 5.56 Å². The number of alkyl halides is 2. The highest BCUT2D eigenvalue weighted by atomic mass is 35.5. The van der Waals surface area contributed by atoms with E-state index < -0.39 is 23.2 Å². The lowest BCUT2D eigenvalue weighted by Gasteiger charge is -2.08. The maximum atomic E-state index is 12.8. The lowest BCUT2D eigenvalue weighted by Crippen LogP contribution is -2.05. The van der Waals surface area contributed by atoms with Crippen molar-refractivity contribution in [3.05, 3.63) is 28.5 Å². The highest BCUT2D eigenvalue weighted by Crippen LogP contribution is 2.31. The van der Waals surface area contributed by atoms with Crippen LogP contribution in [0.25, 0.3) is 0 Å². The Bertz CT molecular complexity index is 355. The zero-order valence-corrected chi connectivity index (χ0v) is 7.39. The van der Waals surface area contributed by atoms with Gasteiger partial charge in [-0.25, -0.2) is 4.39 Å². The minimum absolute atomic E-state index is 0.225. The number of carbonyl (C=O) groups is 1. The van der Waals surface area contributed by atoms with Crippen LogP contribution in [0, 0.1) is 5.82 Å². The Hall–Kier alpha value is -1.23. The molecule has 0 spiro atoms. The van der Waals surface area contributed by atoms with Gasteiger partial charge < -0.3 is 4.74 Å². The average molecular weight is 225 g/mol. The second-order valence-corrected chi connectivity index (χ2v) is 2.65. The van der Waals surface area contributed by atoms with Crippen LogP contribution in [0.2, 0.25) is 5.02 Å². The number of hydrogen-bond acceptors (Lipinski definition) is 2. The molecule has 0 atom stereocenters. The summed E-state index contributed by atoms with van der Waals surface area (Å²) < 4.78 is 40.3. The Kier molecular flexibility index (Phi) is 3.35. The largest absolute Gasteiger partial charge is 0.432 e. The Morgan fingerprint density at radius 3 is 2.57 bits per heavy atom. The van der Waals surface area contributed by atoms with Gasteiger partial charge in [0.25, 0.3) is 0 Å². The summed E-state index contributed by atoms with van der Waals surface area (Å²) in [7, 11) is 0. The van der Waals surface area contributed by atoms with E-state index >= 15 is 0 Å². The van der Waals surface area contributed by atoms with E-state index in [0.29, 0.717) is 0 Å². The first-order valence-corrected chi connectivity index (χ1v) is 3.82. The van der Waals surface area contributed by atoms with E-state index in [-0.39, 0.29) is 11.8 Å². The number of hydrogen-bond donors (Lipinski definition) is 0. The third-order valence-corrected chi connectivity index (χ3v) is 1.77. The Morgan fingerprint density at radius 2 is 2.07 bits per heavy atom. The van der Waals surface area contributed by atoms with Gasteiger partial charge >= 0.3 is 6.61 Å². The second-order valence-electron chi connectivity index (χ2n) is 2.28. The van der Waals surface area contributed by atoms with E-state index in [0.717, 1.165) is 12.1 Å². The number of benzene rings is 1. The molecule has 0 fully saturated rings. The first kappa shape index (κ1) is 10.8. The fourth-order valence-corrected chi connectivity index (χ4v) is 1.07. The summed E-state index contributed by atoms with van der Waals surface area (Å²) in [5.41, 5.74) is -0.225. The molecule has 0 unspecified atom stereocenters. The molecular formula is C8H4ClF3O2. The topological polar surface area (TPSA) is 26.3 Å². The summed E-state index contributed by atoms with van der Waals surface area (Å²) in [6.07, 6.45) is 0.253. The van der Waals surface area contributed by atoms with E-state index in [9.17, 15) is 18.0 Å². The van der Waals surface area contributed by atoms with Crippen LogP contribution in [0.3, 0.4) is 0 Å². The summed E-state index contributed by atoms with van der Waals surface area (Å²) >= 11 is 5.33. The van der Waals surface area contributed by atoms with Gasteiger partial charge in [-0.3, -0.25) is 4.79 Å². The number of ether oxygens (including phenoxy) is 1. The standard InChI is InChI=1S/C8H4ClF3O2/c9-6-5(10)2-1-4(3-13)7(6)14-8(11)12/h1-3,8H. The zero-order chi connectivity index (χ0) is 10.7. The highest BCUT2D eigenvalue weighted by Gasteiger charge is 2.16. The van der Waals surface area contributed by atoms with E-state index in [2.05, 4.69) is 4.74 Å². The first-order valence-electron chi connectivity index (χ1n) is 3.44. The summed E-state index contributed by atoms with van der Waals surface area (Å²) in [6, 6.07) is 1.90. The molecule has 0 aliphatic heterocycles. The fraction of sp³-hybridized carbons (Fsp3) is 0.125. The molecule has 2 nitrogen and oxygen atoms in total. The summed E-state index contributed by atoms with van der Waals surface area (Å²) in [4.78, 5) is 10.4. The molecule has 6 heteroatoms. The molecule has 1 aromatic rings. The maximum absolute atomic E-state index is 12.8. The van der Waals surface area contributed by atoms with Crippen molar-refractivity contribution in [2.45, 2.75) is 6.61 Å². The molecule has 1 rings (SSSR count). The minimum atomic E-state index is -3.16. The molecule has 1 aromatic carbocycles. The summed E-state index contributed by atoms with van der Waals surface area (Å²) in [5, 5.41) is -0.630. The molecule has 0 aromatic heterocycles. The Balaban J connectivity index is 3.20. The molecule has 0 aliphatic rings. The van der Waals surface area contributed by atoms with Gasteiger partial charge in [0.1, 0.15) is 10.8 Å². The lowest BCUT2D eigenvalue weighted by molar-refractivity contribution is -0.0501. The first-order chi connectivity index (χ1) is 6.56. The van der Waals surface area contributed by atoms with Gasteiger partial charge in [-0.05, 0) is 12.1 Å². The van der Waals surface area contributed by atoms with Crippen molar-refractivity contribution in [1.82, 2.24) is 0 Å².